The summed E-state index contributed by atoms with van der Waals surface area (Å²) in [4.78, 5) is 29.2. The highest BCUT2D eigenvalue weighted by Gasteiger charge is 2.16. The normalized spacial score (nSPS) is 11.3. The minimum Gasteiger partial charge on any atom is -0.292 e. The van der Waals surface area contributed by atoms with Gasteiger partial charge in [-0.3, -0.25) is 14.2 Å². The van der Waals surface area contributed by atoms with E-state index in [4.69, 9.17) is 11.6 Å². The Morgan fingerprint density at radius 3 is 2.72 bits per heavy atom. The quantitative estimate of drug-likeness (QED) is 0.504. The maximum absolute atomic E-state index is 14.0. The molecule has 0 atom stereocenters. The molecule has 0 aliphatic carbocycles. The molecule has 0 spiro atoms. The first-order chi connectivity index (χ1) is 12.0. The summed E-state index contributed by atoms with van der Waals surface area (Å²) >= 11 is 6.99. The molecule has 4 nitrogen and oxygen atoms in total. The van der Waals surface area contributed by atoms with Crippen LogP contribution in [0.3, 0.4) is 0 Å². The molecule has 4 rings (SSSR count). The number of Topliss-reactive ketones (excluding diaryl/α,β-unsaturated/α-hetero) is 1. The Morgan fingerprint density at radius 2 is 1.96 bits per heavy atom. The van der Waals surface area contributed by atoms with Gasteiger partial charge in [0.05, 0.1) is 23.8 Å². The van der Waals surface area contributed by atoms with Gasteiger partial charge >= 0.3 is 0 Å². The molecule has 2 aromatic carbocycles. The van der Waals surface area contributed by atoms with Crippen molar-refractivity contribution < 1.29 is 9.18 Å². The van der Waals surface area contributed by atoms with Gasteiger partial charge in [-0.2, -0.15) is 0 Å². The molecular weight excluding hydrogens is 363 g/mol. The molecule has 4 aromatic rings. The molecular formula is C18H10ClFN2O2S. The van der Waals surface area contributed by atoms with Crippen molar-refractivity contribution in [1.29, 1.82) is 0 Å². The van der Waals surface area contributed by atoms with Crippen LogP contribution in [0.2, 0.25) is 5.02 Å². The van der Waals surface area contributed by atoms with E-state index < -0.39 is 5.82 Å². The van der Waals surface area contributed by atoms with E-state index >= 15 is 0 Å². The average molecular weight is 373 g/mol. The van der Waals surface area contributed by atoms with E-state index in [1.54, 1.807) is 36.4 Å². The van der Waals surface area contributed by atoms with Crippen molar-refractivity contribution in [2.24, 2.45) is 0 Å². The topological polar surface area (TPSA) is 52.0 Å². The SMILES string of the molecule is O=C(Cn1cnc2c(sc3cccc(F)c32)c1=O)c1ccc(Cl)cc1. The predicted molar refractivity (Wildman–Crippen MR) is 97.1 cm³/mol. The number of ketones is 1. The third kappa shape index (κ3) is 2.73. The van der Waals surface area contributed by atoms with E-state index in [-0.39, 0.29) is 17.9 Å². The van der Waals surface area contributed by atoms with Gasteiger partial charge in [-0.25, -0.2) is 9.37 Å². The molecule has 0 amide bonds. The Labute approximate surface area is 150 Å². The van der Waals surface area contributed by atoms with Crippen LogP contribution in [-0.2, 0) is 6.54 Å². The molecule has 2 heterocycles. The second-order valence-corrected chi connectivity index (χ2v) is 6.99. The minimum atomic E-state index is -0.411. The molecule has 0 N–H and O–H groups in total. The largest absolute Gasteiger partial charge is 0.292 e. The minimum absolute atomic E-state index is 0.139. The maximum Gasteiger partial charge on any atom is 0.271 e. The first-order valence-electron chi connectivity index (χ1n) is 7.39. The number of benzene rings is 2. The fourth-order valence-electron chi connectivity index (χ4n) is 2.66. The summed E-state index contributed by atoms with van der Waals surface area (Å²) in [6.07, 6.45) is 1.29. The lowest BCUT2D eigenvalue weighted by molar-refractivity contribution is 0.0970. The molecule has 0 unspecified atom stereocenters. The van der Waals surface area contributed by atoms with Crippen molar-refractivity contribution in [1.82, 2.24) is 9.55 Å². The van der Waals surface area contributed by atoms with Crippen LogP contribution in [0.25, 0.3) is 20.3 Å². The van der Waals surface area contributed by atoms with Gasteiger partial charge in [0, 0.05) is 15.3 Å². The molecule has 0 aliphatic rings. The Morgan fingerprint density at radius 1 is 1.20 bits per heavy atom. The van der Waals surface area contributed by atoms with Gasteiger partial charge in [0.25, 0.3) is 5.56 Å². The number of hydrogen-bond acceptors (Lipinski definition) is 4. The van der Waals surface area contributed by atoms with Crippen molar-refractivity contribution >= 4 is 49.0 Å². The summed E-state index contributed by atoms with van der Waals surface area (Å²) < 4.78 is 16.3. The zero-order valence-corrected chi connectivity index (χ0v) is 14.3. The van der Waals surface area contributed by atoms with E-state index in [0.29, 0.717) is 30.9 Å². The van der Waals surface area contributed by atoms with E-state index in [1.165, 1.54) is 28.3 Å². The second kappa shape index (κ2) is 6.06. The Balaban J connectivity index is 1.78. The Hall–Kier alpha value is -2.57. The highest BCUT2D eigenvalue weighted by atomic mass is 35.5. The highest BCUT2D eigenvalue weighted by molar-refractivity contribution is 7.25. The van der Waals surface area contributed by atoms with Crippen molar-refractivity contribution in [3.63, 3.8) is 0 Å². The van der Waals surface area contributed by atoms with E-state index in [0.717, 1.165) is 0 Å². The lowest BCUT2D eigenvalue weighted by atomic mass is 10.1. The average Bonchev–Trinajstić information content (AvgIpc) is 2.99. The van der Waals surface area contributed by atoms with Gasteiger partial charge in [-0.15, -0.1) is 11.3 Å². The predicted octanol–water partition coefficient (Wildman–Crippen LogP) is 4.29. The summed E-state index contributed by atoms with van der Waals surface area (Å²) in [5, 5.41) is 0.875. The van der Waals surface area contributed by atoms with Gasteiger partial charge < -0.3 is 0 Å². The monoisotopic (exact) mass is 372 g/mol. The van der Waals surface area contributed by atoms with Crippen molar-refractivity contribution in [2.75, 3.05) is 0 Å². The maximum atomic E-state index is 14.0. The van der Waals surface area contributed by atoms with E-state index in [1.807, 2.05) is 0 Å². The smallest absolute Gasteiger partial charge is 0.271 e. The third-order valence-electron chi connectivity index (χ3n) is 3.90. The number of aromatic nitrogens is 2. The number of halogens is 2. The molecule has 7 heteroatoms. The van der Waals surface area contributed by atoms with Crippen LogP contribution in [0.4, 0.5) is 4.39 Å². The Kier molecular flexibility index (Phi) is 3.86. The lowest BCUT2D eigenvalue weighted by Crippen LogP contribution is -2.24. The van der Waals surface area contributed by atoms with Crippen molar-refractivity contribution in [2.45, 2.75) is 6.54 Å². The van der Waals surface area contributed by atoms with Gasteiger partial charge in [0.1, 0.15) is 10.5 Å². The molecule has 0 bridgehead atoms. The number of carbonyl (C=O) groups is 1. The molecule has 0 aliphatic heterocycles. The summed E-state index contributed by atoms with van der Waals surface area (Å²) in [5.74, 6) is -0.641. The van der Waals surface area contributed by atoms with Crippen LogP contribution < -0.4 is 5.56 Å². The van der Waals surface area contributed by atoms with Gasteiger partial charge in [-0.1, -0.05) is 17.7 Å². The molecule has 25 heavy (non-hydrogen) atoms. The van der Waals surface area contributed by atoms with Crippen LogP contribution in [0, 0.1) is 5.82 Å². The molecule has 0 saturated heterocycles. The fraction of sp³-hybridized carbons (Fsp3) is 0.0556. The lowest BCUT2D eigenvalue weighted by Gasteiger charge is -2.05. The molecule has 0 fully saturated rings. The van der Waals surface area contributed by atoms with E-state index in [2.05, 4.69) is 4.98 Å². The van der Waals surface area contributed by atoms with E-state index in [9.17, 15) is 14.0 Å². The van der Waals surface area contributed by atoms with Crippen LogP contribution in [0.15, 0.2) is 53.6 Å². The number of nitrogens with zero attached hydrogens (tertiary/aromatic N) is 2. The number of thiophene rings is 1. The summed E-state index contributed by atoms with van der Waals surface area (Å²) in [6, 6.07) is 11.1. The number of fused-ring (bicyclic) bond motifs is 3. The van der Waals surface area contributed by atoms with Crippen molar-refractivity contribution in [3.05, 3.63) is 75.5 Å². The summed E-state index contributed by atoms with van der Waals surface area (Å²) in [6.45, 7) is -0.139. The zero-order valence-electron chi connectivity index (χ0n) is 12.7. The molecule has 0 saturated carbocycles. The van der Waals surface area contributed by atoms with Crippen LogP contribution in [-0.4, -0.2) is 15.3 Å². The highest BCUT2D eigenvalue weighted by Crippen LogP contribution is 2.31. The fourth-order valence-corrected chi connectivity index (χ4v) is 3.91. The first-order valence-corrected chi connectivity index (χ1v) is 8.59. The standard InChI is InChI=1S/C18H10ClFN2O2S/c19-11-6-4-10(5-7-11)13(23)8-22-9-21-16-15-12(20)2-1-3-14(15)25-17(16)18(22)24/h1-7,9H,8H2. The van der Waals surface area contributed by atoms with Crippen LogP contribution in [0.1, 0.15) is 10.4 Å². The summed E-state index contributed by atoms with van der Waals surface area (Å²) in [7, 11) is 0. The van der Waals surface area contributed by atoms with Crippen molar-refractivity contribution in [3.8, 4) is 0 Å². The number of hydrogen-bond donors (Lipinski definition) is 0. The second-order valence-electron chi connectivity index (χ2n) is 5.50. The third-order valence-corrected chi connectivity index (χ3v) is 5.28. The van der Waals surface area contributed by atoms with Gasteiger partial charge in [0.15, 0.2) is 5.78 Å². The summed E-state index contributed by atoms with van der Waals surface area (Å²) in [5.41, 5.74) is 0.435. The van der Waals surface area contributed by atoms with Gasteiger partial charge in [-0.05, 0) is 36.4 Å². The van der Waals surface area contributed by atoms with Crippen LogP contribution in [0.5, 0.6) is 0 Å². The number of carbonyl (C=O) groups excluding carboxylic acids is 1. The number of rotatable bonds is 3. The Bertz CT molecular complexity index is 1180. The molecule has 2 aromatic heterocycles. The first kappa shape index (κ1) is 15.9. The zero-order chi connectivity index (χ0) is 17.6. The molecule has 0 radical (unpaired) electrons. The van der Waals surface area contributed by atoms with Crippen LogP contribution >= 0.6 is 22.9 Å². The van der Waals surface area contributed by atoms with Gasteiger partial charge in [0.2, 0.25) is 0 Å². The molecule has 124 valence electrons.